The van der Waals surface area contributed by atoms with Crippen LogP contribution < -0.4 is 0 Å². The summed E-state index contributed by atoms with van der Waals surface area (Å²) in [4.78, 5) is 29.4. The molecule has 1 saturated heterocycles. The number of aromatic nitrogens is 1. The highest BCUT2D eigenvalue weighted by Gasteiger charge is 2.35. The molecule has 0 bridgehead atoms. The fourth-order valence-electron chi connectivity index (χ4n) is 2.57. The molecule has 120 valence electrons. The van der Waals surface area contributed by atoms with E-state index in [1.165, 1.54) is 16.2 Å². The number of thiazole rings is 1. The molecule has 1 aromatic carbocycles. The second kappa shape index (κ2) is 6.47. The zero-order chi connectivity index (χ0) is 16.6. The third kappa shape index (κ3) is 3.20. The molecule has 3 rings (SSSR count). The van der Waals surface area contributed by atoms with Crippen molar-refractivity contribution in [1.29, 1.82) is 0 Å². The van der Waals surface area contributed by atoms with Crippen molar-refractivity contribution in [2.24, 2.45) is 0 Å². The highest BCUT2D eigenvalue weighted by Crippen LogP contribution is 2.33. The lowest BCUT2D eigenvalue weighted by Gasteiger charge is -2.20. The number of halogens is 2. The maximum Gasteiger partial charge on any atom is 0.326 e. The third-order valence-electron chi connectivity index (χ3n) is 3.68. The highest BCUT2D eigenvalue weighted by atomic mass is 35.5. The second-order valence-electron chi connectivity index (χ2n) is 5.16. The van der Waals surface area contributed by atoms with E-state index in [-0.39, 0.29) is 11.6 Å². The first kappa shape index (κ1) is 16.2. The van der Waals surface area contributed by atoms with E-state index in [1.54, 1.807) is 23.6 Å². The average molecular weight is 371 g/mol. The number of carboxylic acid groups (broad SMARTS) is 1. The number of benzene rings is 1. The molecule has 8 heteroatoms. The molecular formula is C15H12Cl2N2O3S. The number of amides is 1. The molecular weight excluding hydrogens is 359 g/mol. The number of nitrogens with zero attached hydrogens (tertiary/aromatic N) is 2. The third-order valence-corrected chi connectivity index (χ3v) is 5.11. The number of likely N-dealkylation sites (tertiary alicyclic amines) is 1. The number of carboxylic acids is 1. The second-order valence-corrected chi connectivity index (χ2v) is 6.86. The SMILES string of the molecule is O=C(O)[C@@H]1CCCN1C(=O)c1csc(-c2ccc(Cl)cc2Cl)n1. The molecule has 1 fully saturated rings. The predicted molar refractivity (Wildman–Crippen MR) is 89.3 cm³/mol. The van der Waals surface area contributed by atoms with Crippen LogP contribution in [0.3, 0.4) is 0 Å². The normalized spacial score (nSPS) is 17.5. The van der Waals surface area contributed by atoms with Gasteiger partial charge in [0.2, 0.25) is 0 Å². The van der Waals surface area contributed by atoms with E-state index in [9.17, 15) is 14.7 Å². The quantitative estimate of drug-likeness (QED) is 0.891. The van der Waals surface area contributed by atoms with Crippen LogP contribution in [-0.2, 0) is 4.79 Å². The van der Waals surface area contributed by atoms with Crippen LogP contribution in [0.1, 0.15) is 23.3 Å². The Kier molecular flexibility index (Phi) is 4.57. The minimum atomic E-state index is -0.980. The van der Waals surface area contributed by atoms with Gasteiger partial charge in [-0.2, -0.15) is 0 Å². The van der Waals surface area contributed by atoms with Gasteiger partial charge in [-0.15, -0.1) is 11.3 Å². The number of carbonyl (C=O) groups excluding carboxylic acids is 1. The van der Waals surface area contributed by atoms with E-state index in [2.05, 4.69) is 4.98 Å². The van der Waals surface area contributed by atoms with Gasteiger partial charge in [0.1, 0.15) is 16.7 Å². The van der Waals surface area contributed by atoms with E-state index in [1.807, 2.05) is 0 Å². The van der Waals surface area contributed by atoms with Crippen LogP contribution >= 0.6 is 34.5 Å². The molecule has 1 N–H and O–H groups in total. The standard InChI is InChI=1S/C15H12Cl2N2O3S/c16-8-3-4-9(10(17)6-8)13-18-11(7-23-13)14(20)19-5-1-2-12(19)15(21)22/h3-4,6-7,12H,1-2,5H2,(H,21,22)/t12-/m0/s1. The summed E-state index contributed by atoms with van der Waals surface area (Å²) in [5.74, 6) is -1.34. The molecule has 1 aromatic heterocycles. The van der Waals surface area contributed by atoms with Gasteiger partial charge in [-0.25, -0.2) is 9.78 Å². The van der Waals surface area contributed by atoms with Crippen LogP contribution in [0.15, 0.2) is 23.6 Å². The van der Waals surface area contributed by atoms with Gasteiger partial charge in [0.25, 0.3) is 5.91 Å². The zero-order valence-electron chi connectivity index (χ0n) is 11.8. The van der Waals surface area contributed by atoms with E-state index in [4.69, 9.17) is 23.2 Å². The highest BCUT2D eigenvalue weighted by molar-refractivity contribution is 7.13. The monoisotopic (exact) mass is 370 g/mol. The molecule has 2 aromatic rings. The van der Waals surface area contributed by atoms with Crippen molar-refractivity contribution in [2.45, 2.75) is 18.9 Å². The van der Waals surface area contributed by atoms with Gasteiger partial charge < -0.3 is 10.0 Å². The zero-order valence-corrected chi connectivity index (χ0v) is 14.2. The minimum absolute atomic E-state index is 0.240. The van der Waals surface area contributed by atoms with Gasteiger partial charge in [0.05, 0.1) is 5.02 Å². The molecule has 0 spiro atoms. The number of aliphatic carboxylic acids is 1. The lowest BCUT2D eigenvalue weighted by Crippen LogP contribution is -2.40. The maximum absolute atomic E-state index is 12.5. The van der Waals surface area contributed by atoms with Crippen LogP contribution in [0.5, 0.6) is 0 Å². The molecule has 1 atom stereocenters. The Balaban J connectivity index is 1.87. The van der Waals surface area contributed by atoms with Crippen LogP contribution in [0.25, 0.3) is 10.6 Å². The van der Waals surface area contributed by atoms with Crippen molar-refractivity contribution in [2.75, 3.05) is 6.54 Å². The van der Waals surface area contributed by atoms with Gasteiger partial charge in [-0.3, -0.25) is 4.79 Å². The summed E-state index contributed by atoms with van der Waals surface area (Å²) in [6.07, 6.45) is 1.16. The van der Waals surface area contributed by atoms with Gasteiger partial charge in [-0.1, -0.05) is 23.2 Å². The summed E-state index contributed by atoms with van der Waals surface area (Å²) in [7, 11) is 0. The maximum atomic E-state index is 12.5. The van der Waals surface area contributed by atoms with Gasteiger partial charge in [0, 0.05) is 22.5 Å². The fraction of sp³-hybridized carbons (Fsp3) is 0.267. The van der Waals surface area contributed by atoms with Gasteiger partial charge in [-0.05, 0) is 31.0 Å². The number of carbonyl (C=O) groups is 2. The summed E-state index contributed by atoms with van der Waals surface area (Å²) in [5.41, 5.74) is 0.931. The summed E-state index contributed by atoms with van der Waals surface area (Å²) < 4.78 is 0. The fourth-order valence-corrected chi connectivity index (χ4v) is 3.96. The average Bonchev–Trinajstić information content (AvgIpc) is 3.16. The molecule has 2 heterocycles. The number of hydrogen-bond acceptors (Lipinski definition) is 4. The number of rotatable bonds is 3. The van der Waals surface area contributed by atoms with Crippen LogP contribution in [0, 0.1) is 0 Å². The molecule has 0 radical (unpaired) electrons. The summed E-state index contributed by atoms with van der Waals surface area (Å²) in [6, 6.07) is 4.29. The van der Waals surface area contributed by atoms with Crippen molar-refractivity contribution < 1.29 is 14.7 Å². The lowest BCUT2D eigenvalue weighted by atomic mass is 10.2. The van der Waals surface area contributed by atoms with E-state index in [0.29, 0.717) is 40.0 Å². The summed E-state index contributed by atoms with van der Waals surface area (Å²) >= 11 is 13.3. The van der Waals surface area contributed by atoms with Crippen molar-refractivity contribution >= 4 is 46.4 Å². The van der Waals surface area contributed by atoms with Crippen molar-refractivity contribution in [1.82, 2.24) is 9.88 Å². The van der Waals surface area contributed by atoms with Crippen molar-refractivity contribution in [3.63, 3.8) is 0 Å². The molecule has 0 saturated carbocycles. The molecule has 0 unspecified atom stereocenters. The van der Waals surface area contributed by atoms with E-state index >= 15 is 0 Å². The van der Waals surface area contributed by atoms with Crippen LogP contribution in [0.4, 0.5) is 0 Å². The first-order chi connectivity index (χ1) is 11.0. The largest absolute Gasteiger partial charge is 0.480 e. The number of hydrogen-bond donors (Lipinski definition) is 1. The molecule has 1 aliphatic heterocycles. The molecule has 23 heavy (non-hydrogen) atoms. The first-order valence-electron chi connectivity index (χ1n) is 6.92. The van der Waals surface area contributed by atoms with Gasteiger partial charge >= 0.3 is 5.97 Å². The van der Waals surface area contributed by atoms with Crippen LogP contribution in [0.2, 0.25) is 10.0 Å². The summed E-state index contributed by atoms with van der Waals surface area (Å²) in [5, 5.41) is 12.4. The van der Waals surface area contributed by atoms with E-state index < -0.39 is 12.0 Å². The van der Waals surface area contributed by atoms with E-state index in [0.717, 1.165) is 0 Å². The van der Waals surface area contributed by atoms with Gasteiger partial charge in [0.15, 0.2) is 0 Å². The lowest BCUT2D eigenvalue weighted by molar-refractivity contribution is -0.141. The molecule has 5 nitrogen and oxygen atoms in total. The summed E-state index contributed by atoms with van der Waals surface area (Å²) in [6.45, 7) is 0.435. The predicted octanol–water partition coefficient (Wildman–Crippen LogP) is 3.81. The van der Waals surface area contributed by atoms with Crippen molar-refractivity contribution in [3.05, 3.63) is 39.3 Å². The Morgan fingerprint density at radius 1 is 1.35 bits per heavy atom. The topological polar surface area (TPSA) is 70.5 Å². The first-order valence-corrected chi connectivity index (χ1v) is 8.55. The molecule has 1 aliphatic rings. The smallest absolute Gasteiger partial charge is 0.326 e. The molecule has 1 amide bonds. The molecule has 0 aliphatic carbocycles. The Bertz CT molecular complexity index is 778. The Labute approximate surface area is 146 Å². The Morgan fingerprint density at radius 3 is 2.83 bits per heavy atom. The Hall–Kier alpha value is -1.63. The minimum Gasteiger partial charge on any atom is -0.480 e. The Morgan fingerprint density at radius 2 is 2.13 bits per heavy atom. The van der Waals surface area contributed by atoms with Crippen molar-refractivity contribution in [3.8, 4) is 10.6 Å². The van der Waals surface area contributed by atoms with Crippen LogP contribution in [-0.4, -0.2) is 39.5 Å².